The fraction of sp³-hybridized carbons (Fsp3) is 0.286. The molecule has 0 aliphatic heterocycles. The van der Waals surface area contributed by atoms with Crippen LogP contribution in [0.3, 0.4) is 0 Å². The second-order valence-corrected chi connectivity index (χ2v) is 12.4. The Bertz CT molecular complexity index is 1500. The standard InChI is InChI=1S/C28H28BrClF3N3O4S/c1-4-34-27(38)19(3)35(16-20-7-9-21(29)10-8-20)26(37)17-36(41(39,40)23-12-5-18(2)6-13-23)22-11-14-25(30)24(15-22)28(31,32)33/h5-15,19H,4,16-17H2,1-3H3,(H,34,38)/t19-/m0/s1. The van der Waals surface area contributed by atoms with Gasteiger partial charge in [-0.2, -0.15) is 13.2 Å². The number of nitrogens with one attached hydrogen (secondary N) is 1. The second kappa shape index (κ2) is 13.3. The molecule has 0 aromatic heterocycles. The van der Waals surface area contributed by atoms with Crippen molar-refractivity contribution in [2.45, 2.75) is 44.4 Å². The molecule has 0 heterocycles. The van der Waals surface area contributed by atoms with E-state index in [0.29, 0.717) is 22.5 Å². The summed E-state index contributed by atoms with van der Waals surface area (Å²) in [7, 11) is -4.54. The van der Waals surface area contributed by atoms with E-state index in [2.05, 4.69) is 21.2 Å². The number of carbonyl (C=O) groups is 2. The molecule has 0 aliphatic rings. The zero-order chi connectivity index (χ0) is 30.5. The minimum atomic E-state index is -4.88. The Morgan fingerprint density at radius 2 is 1.63 bits per heavy atom. The Morgan fingerprint density at radius 1 is 1.02 bits per heavy atom. The Morgan fingerprint density at radius 3 is 2.20 bits per heavy atom. The van der Waals surface area contributed by atoms with Gasteiger partial charge in [-0.3, -0.25) is 13.9 Å². The summed E-state index contributed by atoms with van der Waals surface area (Å²) in [4.78, 5) is 27.5. The lowest BCUT2D eigenvalue weighted by atomic mass is 10.1. The first-order chi connectivity index (χ1) is 19.1. The Kier molecular flexibility index (Phi) is 10.5. The summed E-state index contributed by atoms with van der Waals surface area (Å²) in [5, 5.41) is 2.02. The van der Waals surface area contributed by atoms with E-state index >= 15 is 0 Å². The normalized spacial score (nSPS) is 12.5. The van der Waals surface area contributed by atoms with Crippen LogP contribution in [0.4, 0.5) is 18.9 Å². The summed E-state index contributed by atoms with van der Waals surface area (Å²) in [5.41, 5.74) is -0.258. The summed E-state index contributed by atoms with van der Waals surface area (Å²) in [6, 6.07) is 14.2. The van der Waals surface area contributed by atoms with Crippen LogP contribution < -0.4 is 9.62 Å². The van der Waals surface area contributed by atoms with E-state index in [0.717, 1.165) is 22.2 Å². The first-order valence-electron chi connectivity index (χ1n) is 12.4. The van der Waals surface area contributed by atoms with Gasteiger partial charge in [0.25, 0.3) is 10.0 Å². The SMILES string of the molecule is CCNC(=O)[C@H](C)N(Cc1ccc(Br)cc1)C(=O)CN(c1ccc(Cl)c(C(F)(F)F)c1)S(=O)(=O)c1ccc(C)cc1. The smallest absolute Gasteiger partial charge is 0.355 e. The summed E-state index contributed by atoms with van der Waals surface area (Å²) < 4.78 is 70.1. The number of alkyl halides is 3. The van der Waals surface area contributed by atoms with Crippen molar-refractivity contribution in [3.63, 3.8) is 0 Å². The maximum Gasteiger partial charge on any atom is 0.417 e. The molecule has 3 aromatic rings. The third-order valence-electron chi connectivity index (χ3n) is 6.22. The number of anilines is 1. The van der Waals surface area contributed by atoms with Crippen LogP contribution in [-0.2, 0) is 32.3 Å². The van der Waals surface area contributed by atoms with Crippen LogP contribution in [0.25, 0.3) is 0 Å². The van der Waals surface area contributed by atoms with E-state index in [4.69, 9.17) is 11.6 Å². The molecule has 41 heavy (non-hydrogen) atoms. The van der Waals surface area contributed by atoms with E-state index in [1.807, 2.05) is 0 Å². The van der Waals surface area contributed by atoms with E-state index in [-0.39, 0.29) is 11.4 Å². The largest absolute Gasteiger partial charge is 0.417 e. The minimum absolute atomic E-state index is 0.0583. The Balaban J connectivity index is 2.12. The highest BCUT2D eigenvalue weighted by molar-refractivity contribution is 9.10. The zero-order valence-corrected chi connectivity index (χ0v) is 25.5. The number of carbonyl (C=O) groups excluding carboxylic acids is 2. The lowest BCUT2D eigenvalue weighted by molar-refractivity contribution is -0.139. The van der Waals surface area contributed by atoms with Crippen molar-refractivity contribution in [1.82, 2.24) is 10.2 Å². The molecule has 2 amide bonds. The topological polar surface area (TPSA) is 86.8 Å². The van der Waals surface area contributed by atoms with Crippen LogP contribution in [0, 0.1) is 6.92 Å². The first kappa shape index (κ1) is 32.4. The first-order valence-corrected chi connectivity index (χ1v) is 15.0. The Labute approximate surface area is 250 Å². The van der Waals surface area contributed by atoms with Gasteiger partial charge in [0.15, 0.2) is 0 Å². The van der Waals surface area contributed by atoms with Gasteiger partial charge in [-0.05, 0) is 68.8 Å². The average Bonchev–Trinajstić information content (AvgIpc) is 2.91. The molecule has 7 nitrogen and oxygen atoms in total. The predicted molar refractivity (Wildman–Crippen MR) is 155 cm³/mol. The molecule has 220 valence electrons. The quantitative estimate of drug-likeness (QED) is 0.279. The molecular formula is C28H28BrClF3N3O4S. The van der Waals surface area contributed by atoms with Crippen LogP contribution in [0.5, 0.6) is 0 Å². The van der Waals surface area contributed by atoms with Crippen molar-refractivity contribution in [2.24, 2.45) is 0 Å². The summed E-state index contributed by atoms with van der Waals surface area (Å²) in [6.45, 7) is 4.30. The number of nitrogens with zero attached hydrogens (tertiary/aromatic N) is 2. The summed E-state index contributed by atoms with van der Waals surface area (Å²) in [5.74, 6) is -1.28. The van der Waals surface area contributed by atoms with Crippen LogP contribution in [-0.4, -0.2) is 44.3 Å². The van der Waals surface area contributed by atoms with Crippen LogP contribution in [0.2, 0.25) is 5.02 Å². The minimum Gasteiger partial charge on any atom is -0.355 e. The second-order valence-electron chi connectivity index (χ2n) is 9.21. The van der Waals surface area contributed by atoms with Crippen LogP contribution in [0.1, 0.15) is 30.5 Å². The summed E-state index contributed by atoms with van der Waals surface area (Å²) >= 11 is 9.12. The molecule has 0 bridgehead atoms. The highest BCUT2D eigenvalue weighted by Gasteiger charge is 2.37. The number of halogens is 5. The molecule has 0 unspecified atom stereocenters. The molecule has 0 saturated carbocycles. The number of hydrogen-bond donors (Lipinski definition) is 1. The van der Waals surface area contributed by atoms with Crippen molar-refractivity contribution in [2.75, 3.05) is 17.4 Å². The summed E-state index contributed by atoms with van der Waals surface area (Å²) in [6.07, 6.45) is -4.88. The fourth-order valence-corrected chi connectivity index (χ4v) is 5.84. The highest BCUT2D eigenvalue weighted by atomic mass is 79.9. The van der Waals surface area contributed by atoms with Crippen LogP contribution >= 0.6 is 27.5 Å². The zero-order valence-electron chi connectivity index (χ0n) is 22.4. The van der Waals surface area contributed by atoms with Gasteiger partial charge in [-0.25, -0.2) is 8.42 Å². The molecule has 1 N–H and O–H groups in total. The van der Waals surface area contributed by atoms with E-state index in [1.165, 1.54) is 36.1 Å². The lowest BCUT2D eigenvalue weighted by Gasteiger charge is -2.32. The van der Waals surface area contributed by atoms with Gasteiger partial charge in [-0.1, -0.05) is 57.4 Å². The molecule has 0 aliphatic carbocycles. The molecule has 3 rings (SSSR count). The van der Waals surface area contributed by atoms with Gasteiger partial charge < -0.3 is 10.2 Å². The monoisotopic (exact) mass is 673 g/mol. The van der Waals surface area contributed by atoms with Crippen LogP contribution in [0.15, 0.2) is 76.1 Å². The van der Waals surface area contributed by atoms with E-state index < -0.39 is 56.9 Å². The predicted octanol–water partition coefficient (Wildman–Crippen LogP) is 6.18. The number of benzene rings is 3. The Hall–Kier alpha value is -3.09. The third-order valence-corrected chi connectivity index (χ3v) is 8.86. The number of amides is 2. The van der Waals surface area contributed by atoms with Crippen molar-refractivity contribution >= 4 is 55.1 Å². The van der Waals surface area contributed by atoms with Gasteiger partial charge in [0, 0.05) is 17.6 Å². The fourth-order valence-electron chi connectivity index (χ4n) is 3.94. The molecule has 0 radical (unpaired) electrons. The highest BCUT2D eigenvalue weighted by Crippen LogP contribution is 2.38. The maximum absolute atomic E-state index is 13.8. The van der Waals surface area contributed by atoms with Gasteiger partial charge in [-0.15, -0.1) is 0 Å². The molecule has 13 heteroatoms. The van der Waals surface area contributed by atoms with Crippen molar-refractivity contribution in [1.29, 1.82) is 0 Å². The maximum atomic E-state index is 13.8. The van der Waals surface area contributed by atoms with E-state index in [9.17, 15) is 31.2 Å². The lowest BCUT2D eigenvalue weighted by Crippen LogP contribution is -2.51. The van der Waals surface area contributed by atoms with Crippen molar-refractivity contribution in [3.8, 4) is 0 Å². The van der Waals surface area contributed by atoms with Gasteiger partial charge in [0.05, 0.1) is 21.2 Å². The number of likely N-dealkylation sites (N-methyl/N-ethyl adjacent to an activating group) is 1. The molecular weight excluding hydrogens is 647 g/mol. The van der Waals surface area contributed by atoms with E-state index in [1.54, 1.807) is 38.1 Å². The van der Waals surface area contributed by atoms with Gasteiger partial charge >= 0.3 is 6.18 Å². The number of rotatable bonds is 10. The third kappa shape index (κ3) is 8.02. The molecule has 0 saturated heterocycles. The van der Waals surface area contributed by atoms with Gasteiger partial charge in [0.1, 0.15) is 12.6 Å². The molecule has 0 fully saturated rings. The van der Waals surface area contributed by atoms with Crippen molar-refractivity contribution < 1.29 is 31.2 Å². The molecule has 0 spiro atoms. The number of sulfonamides is 1. The average molecular weight is 675 g/mol. The van der Waals surface area contributed by atoms with Crippen molar-refractivity contribution in [3.05, 3.63) is 92.9 Å². The van der Waals surface area contributed by atoms with Gasteiger partial charge in [0.2, 0.25) is 11.8 Å². The molecule has 1 atom stereocenters. The number of aryl methyl sites for hydroxylation is 1. The number of hydrogen-bond acceptors (Lipinski definition) is 4. The molecule has 3 aromatic carbocycles.